The predicted octanol–water partition coefficient (Wildman–Crippen LogP) is 3.73. The maximum atomic E-state index is 7.68. The molecule has 0 fully saturated rings. The summed E-state index contributed by atoms with van der Waals surface area (Å²) < 4.78 is 0. The average molecular weight is 281 g/mol. The van der Waals surface area contributed by atoms with Gasteiger partial charge < -0.3 is 10.6 Å². The highest BCUT2D eigenvalue weighted by atomic mass is 15.1. The molecule has 3 N–H and O–H groups in total. The maximum absolute atomic E-state index is 7.68. The number of rotatable bonds is 5. The number of nitrogen functional groups attached to an aromatic ring is 1. The van der Waals surface area contributed by atoms with E-state index in [2.05, 4.69) is 43.0 Å². The third kappa shape index (κ3) is 3.63. The quantitative estimate of drug-likeness (QED) is 0.648. The first-order valence-electron chi connectivity index (χ1n) is 7.22. The normalized spacial score (nSPS) is 10.7. The van der Waals surface area contributed by atoms with Crippen molar-refractivity contribution in [2.24, 2.45) is 5.73 Å². The van der Waals surface area contributed by atoms with Crippen LogP contribution in [-0.2, 0) is 6.54 Å². The molecule has 0 radical (unpaired) electrons. The second kappa shape index (κ2) is 6.44. The molecule has 21 heavy (non-hydrogen) atoms. The fourth-order valence-corrected chi connectivity index (χ4v) is 2.40. The minimum Gasteiger partial charge on any atom is -0.384 e. The van der Waals surface area contributed by atoms with Gasteiger partial charge >= 0.3 is 0 Å². The van der Waals surface area contributed by atoms with Crippen LogP contribution in [0.4, 0.5) is 5.69 Å². The SMILES string of the molecule is CC(C)c1ccc(CN(C)c2ccccc2C(=N)N)cc1. The number of nitrogens with two attached hydrogens (primary N) is 1. The average Bonchev–Trinajstić information content (AvgIpc) is 2.47. The molecule has 110 valence electrons. The summed E-state index contributed by atoms with van der Waals surface area (Å²) in [6.07, 6.45) is 0. The van der Waals surface area contributed by atoms with Gasteiger partial charge in [-0.3, -0.25) is 5.41 Å². The van der Waals surface area contributed by atoms with E-state index in [4.69, 9.17) is 11.1 Å². The van der Waals surface area contributed by atoms with E-state index in [1.54, 1.807) is 0 Å². The van der Waals surface area contributed by atoms with Crippen LogP contribution in [0.25, 0.3) is 0 Å². The molecular formula is C18H23N3. The minimum absolute atomic E-state index is 0.104. The largest absolute Gasteiger partial charge is 0.384 e. The van der Waals surface area contributed by atoms with E-state index in [0.29, 0.717) is 5.92 Å². The topological polar surface area (TPSA) is 53.1 Å². The molecule has 0 atom stereocenters. The fraction of sp³-hybridized carbons (Fsp3) is 0.278. The Morgan fingerprint density at radius 3 is 2.29 bits per heavy atom. The van der Waals surface area contributed by atoms with Gasteiger partial charge in [-0.1, -0.05) is 50.2 Å². The van der Waals surface area contributed by atoms with Crippen LogP contribution in [0, 0.1) is 5.41 Å². The molecule has 0 amide bonds. The Hall–Kier alpha value is -2.29. The molecule has 2 rings (SSSR count). The van der Waals surface area contributed by atoms with Crippen LogP contribution in [-0.4, -0.2) is 12.9 Å². The van der Waals surface area contributed by atoms with E-state index in [-0.39, 0.29) is 5.84 Å². The summed E-state index contributed by atoms with van der Waals surface area (Å²) in [7, 11) is 2.03. The number of hydrogen-bond donors (Lipinski definition) is 2. The van der Waals surface area contributed by atoms with Crippen LogP contribution < -0.4 is 10.6 Å². The lowest BCUT2D eigenvalue weighted by Crippen LogP contribution is -2.21. The molecule has 0 aromatic heterocycles. The van der Waals surface area contributed by atoms with Gasteiger partial charge in [0.05, 0.1) is 0 Å². The van der Waals surface area contributed by atoms with Crippen LogP contribution in [0.15, 0.2) is 48.5 Å². The van der Waals surface area contributed by atoms with E-state index < -0.39 is 0 Å². The van der Waals surface area contributed by atoms with Crippen molar-refractivity contribution in [3.63, 3.8) is 0 Å². The first-order chi connectivity index (χ1) is 9.99. The zero-order valence-corrected chi connectivity index (χ0v) is 12.9. The predicted molar refractivity (Wildman–Crippen MR) is 90.1 cm³/mol. The van der Waals surface area contributed by atoms with E-state index in [1.165, 1.54) is 11.1 Å². The minimum atomic E-state index is 0.104. The molecule has 0 saturated carbocycles. The third-order valence-corrected chi connectivity index (χ3v) is 3.67. The number of nitrogens with zero attached hydrogens (tertiary/aromatic N) is 1. The zero-order valence-electron chi connectivity index (χ0n) is 12.9. The standard InChI is InChI=1S/C18H23N3/c1-13(2)15-10-8-14(9-11-15)12-21(3)17-7-5-4-6-16(17)18(19)20/h4-11,13H,12H2,1-3H3,(H3,19,20). The van der Waals surface area contributed by atoms with E-state index in [1.807, 2.05) is 31.3 Å². The Balaban J connectivity index is 2.18. The molecule has 2 aromatic rings. The summed E-state index contributed by atoms with van der Waals surface area (Å²) in [6.45, 7) is 5.19. The van der Waals surface area contributed by atoms with Gasteiger partial charge in [-0.05, 0) is 29.2 Å². The maximum Gasteiger partial charge on any atom is 0.124 e. The molecule has 0 aliphatic carbocycles. The second-order valence-electron chi connectivity index (χ2n) is 5.68. The lowest BCUT2D eigenvalue weighted by molar-refractivity contribution is 0.861. The smallest absolute Gasteiger partial charge is 0.124 e. The zero-order chi connectivity index (χ0) is 15.4. The summed E-state index contributed by atoms with van der Waals surface area (Å²) in [4.78, 5) is 2.13. The number of hydrogen-bond acceptors (Lipinski definition) is 2. The van der Waals surface area contributed by atoms with E-state index in [0.717, 1.165) is 17.8 Å². The molecular weight excluding hydrogens is 258 g/mol. The number of benzene rings is 2. The fourth-order valence-electron chi connectivity index (χ4n) is 2.40. The van der Waals surface area contributed by atoms with Gasteiger partial charge in [0.25, 0.3) is 0 Å². The van der Waals surface area contributed by atoms with Crippen LogP contribution in [0.5, 0.6) is 0 Å². The van der Waals surface area contributed by atoms with Crippen LogP contribution in [0.2, 0.25) is 0 Å². The molecule has 0 heterocycles. The van der Waals surface area contributed by atoms with Crippen molar-refractivity contribution in [2.45, 2.75) is 26.3 Å². The van der Waals surface area contributed by atoms with Crippen molar-refractivity contribution in [2.75, 3.05) is 11.9 Å². The summed E-state index contributed by atoms with van der Waals surface area (Å²) in [5.74, 6) is 0.655. The first-order valence-corrected chi connectivity index (χ1v) is 7.22. The van der Waals surface area contributed by atoms with Crippen molar-refractivity contribution < 1.29 is 0 Å². The highest BCUT2D eigenvalue weighted by molar-refractivity contribution is 6.00. The Labute approximate surface area is 126 Å². The lowest BCUT2D eigenvalue weighted by atomic mass is 10.0. The molecule has 0 spiro atoms. The lowest BCUT2D eigenvalue weighted by Gasteiger charge is -2.22. The van der Waals surface area contributed by atoms with E-state index >= 15 is 0 Å². The number of para-hydroxylation sites is 1. The Morgan fingerprint density at radius 1 is 1.10 bits per heavy atom. The van der Waals surface area contributed by atoms with Gasteiger partial charge in [0.2, 0.25) is 0 Å². The molecule has 3 heteroatoms. The summed E-state index contributed by atoms with van der Waals surface area (Å²) in [5.41, 5.74) is 10.0. The second-order valence-corrected chi connectivity index (χ2v) is 5.68. The first kappa shape index (κ1) is 15.1. The molecule has 0 bridgehead atoms. The van der Waals surface area contributed by atoms with Gasteiger partial charge in [-0.15, -0.1) is 0 Å². The molecule has 0 aliphatic heterocycles. The van der Waals surface area contributed by atoms with Crippen LogP contribution in [0.1, 0.15) is 36.5 Å². The highest BCUT2D eigenvalue weighted by Crippen LogP contribution is 2.21. The monoisotopic (exact) mass is 281 g/mol. The molecule has 3 nitrogen and oxygen atoms in total. The van der Waals surface area contributed by atoms with Gasteiger partial charge in [0.15, 0.2) is 0 Å². The van der Waals surface area contributed by atoms with Crippen LogP contribution in [0.3, 0.4) is 0 Å². The van der Waals surface area contributed by atoms with Crippen molar-refractivity contribution in [3.8, 4) is 0 Å². The number of amidine groups is 1. The van der Waals surface area contributed by atoms with Crippen molar-refractivity contribution >= 4 is 11.5 Å². The molecule has 0 saturated heterocycles. The van der Waals surface area contributed by atoms with Crippen LogP contribution >= 0.6 is 0 Å². The molecule has 0 unspecified atom stereocenters. The molecule has 0 aliphatic rings. The Bertz CT molecular complexity index is 615. The Kier molecular flexibility index (Phi) is 4.63. The third-order valence-electron chi connectivity index (χ3n) is 3.67. The summed E-state index contributed by atoms with van der Waals surface area (Å²) in [5, 5.41) is 7.68. The van der Waals surface area contributed by atoms with E-state index in [9.17, 15) is 0 Å². The number of nitrogens with one attached hydrogen (secondary N) is 1. The van der Waals surface area contributed by atoms with Gasteiger partial charge in [0, 0.05) is 24.8 Å². The Morgan fingerprint density at radius 2 is 1.71 bits per heavy atom. The van der Waals surface area contributed by atoms with Crippen molar-refractivity contribution in [3.05, 3.63) is 65.2 Å². The van der Waals surface area contributed by atoms with Gasteiger partial charge in [0.1, 0.15) is 5.84 Å². The summed E-state index contributed by atoms with van der Waals surface area (Å²) in [6, 6.07) is 16.5. The highest BCUT2D eigenvalue weighted by Gasteiger charge is 2.09. The summed E-state index contributed by atoms with van der Waals surface area (Å²) >= 11 is 0. The van der Waals surface area contributed by atoms with Gasteiger partial charge in [-0.25, -0.2) is 0 Å². The van der Waals surface area contributed by atoms with Gasteiger partial charge in [-0.2, -0.15) is 0 Å². The number of anilines is 1. The van der Waals surface area contributed by atoms with Crippen molar-refractivity contribution in [1.82, 2.24) is 0 Å². The molecule has 2 aromatic carbocycles. The van der Waals surface area contributed by atoms with Crippen molar-refractivity contribution in [1.29, 1.82) is 5.41 Å².